The van der Waals surface area contributed by atoms with Crippen LogP contribution in [0.5, 0.6) is 0 Å². The van der Waals surface area contributed by atoms with Crippen LogP contribution in [-0.2, 0) is 11.2 Å². The van der Waals surface area contributed by atoms with Crippen molar-refractivity contribution in [3.63, 3.8) is 0 Å². The molecule has 0 spiro atoms. The number of nitrogens with one attached hydrogen (secondary N) is 1. The summed E-state index contributed by atoms with van der Waals surface area (Å²) in [5.74, 6) is -0.0383. The van der Waals surface area contributed by atoms with Crippen molar-refractivity contribution in [2.75, 3.05) is 32.7 Å². The molecule has 4 aromatic rings. The number of carbonyl (C=O) groups is 2. The van der Waals surface area contributed by atoms with Crippen molar-refractivity contribution in [3.8, 4) is 0 Å². The number of nitrogens with zero attached hydrogens (tertiary/aromatic N) is 2. The highest BCUT2D eigenvalue weighted by Gasteiger charge is 2.38. The molecule has 6 rings (SSSR count). The standard InChI is InChI=1S/C31H32FN3O3S/c32-25-6-4-20(5-7-25)21-8-11-34(12-9-21)16-24-17-35(18-28(24)23-10-13-39-19-23)31(38)27-3-1-2-22-14-26(15-29(36)37)33-30(22)27/h1-7,10,13-14,19,21,24,28,33H,8-9,11-12,15-18H2,(H,36,37)/t24-,28+/m1/s1. The van der Waals surface area contributed by atoms with Crippen molar-refractivity contribution < 1.29 is 19.1 Å². The summed E-state index contributed by atoms with van der Waals surface area (Å²) < 4.78 is 13.4. The third kappa shape index (κ3) is 5.49. The molecule has 8 heteroatoms. The molecule has 39 heavy (non-hydrogen) atoms. The van der Waals surface area contributed by atoms with Crippen LogP contribution in [0.15, 0.2) is 65.4 Å². The van der Waals surface area contributed by atoms with Crippen molar-refractivity contribution in [1.82, 2.24) is 14.8 Å². The number of amides is 1. The van der Waals surface area contributed by atoms with Crippen LogP contribution in [0, 0.1) is 11.7 Å². The molecule has 0 bridgehead atoms. The molecule has 2 aromatic carbocycles. The second-order valence-electron chi connectivity index (χ2n) is 10.9. The van der Waals surface area contributed by atoms with E-state index in [1.54, 1.807) is 23.5 Å². The van der Waals surface area contributed by atoms with Crippen molar-refractivity contribution in [1.29, 1.82) is 0 Å². The average molecular weight is 546 g/mol. The minimum atomic E-state index is -0.905. The number of para-hydroxylation sites is 1. The summed E-state index contributed by atoms with van der Waals surface area (Å²) in [5.41, 5.74) is 4.40. The zero-order chi connectivity index (χ0) is 26.9. The number of piperidine rings is 1. The quantitative estimate of drug-likeness (QED) is 0.311. The molecule has 0 saturated carbocycles. The van der Waals surface area contributed by atoms with Gasteiger partial charge in [0.1, 0.15) is 5.82 Å². The highest BCUT2D eigenvalue weighted by Crippen LogP contribution is 2.37. The van der Waals surface area contributed by atoms with E-state index in [0.717, 1.165) is 37.9 Å². The minimum absolute atomic E-state index is 0.0120. The first kappa shape index (κ1) is 25.8. The number of hydrogen-bond acceptors (Lipinski definition) is 4. The van der Waals surface area contributed by atoms with Gasteiger partial charge in [-0.3, -0.25) is 9.59 Å². The monoisotopic (exact) mass is 545 g/mol. The number of rotatable bonds is 7. The van der Waals surface area contributed by atoms with Crippen molar-refractivity contribution in [2.24, 2.45) is 5.92 Å². The molecule has 2 fully saturated rings. The van der Waals surface area contributed by atoms with E-state index in [4.69, 9.17) is 0 Å². The zero-order valence-electron chi connectivity index (χ0n) is 21.7. The fourth-order valence-corrected chi connectivity index (χ4v) is 7.15. The number of benzene rings is 2. The van der Waals surface area contributed by atoms with Gasteiger partial charge in [0.2, 0.25) is 0 Å². The lowest BCUT2D eigenvalue weighted by Gasteiger charge is -2.34. The van der Waals surface area contributed by atoms with E-state index in [9.17, 15) is 19.1 Å². The summed E-state index contributed by atoms with van der Waals surface area (Å²) in [6.07, 6.45) is 2.00. The van der Waals surface area contributed by atoms with Gasteiger partial charge in [-0.25, -0.2) is 4.39 Å². The van der Waals surface area contributed by atoms with Crippen LogP contribution in [0.2, 0.25) is 0 Å². The zero-order valence-corrected chi connectivity index (χ0v) is 22.5. The van der Waals surface area contributed by atoms with E-state index in [1.165, 1.54) is 11.1 Å². The number of likely N-dealkylation sites (tertiary alicyclic amines) is 2. The third-order valence-corrected chi connectivity index (χ3v) is 9.11. The lowest BCUT2D eigenvalue weighted by Crippen LogP contribution is -2.38. The van der Waals surface area contributed by atoms with Gasteiger partial charge in [-0.05, 0) is 90.0 Å². The number of carboxylic acid groups (broad SMARTS) is 1. The molecule has 2 atom stereocenters. The summed E-state index contributed by atoms with van der Waals surface area (Å²) in [6.45, 7) is 4.30. The van der Waals surface area contributed by atoms with Crippen LogP contribution < -0.4 is 0 Å². The predicted molar refractivity (Wildman–Crippen MR) is 151 cm³/mol. The summed E-state index contributed by atoms with van der Waals surface area (Å²) in [5, 5.41) is 14.4. The summed E-state index contributed by atoms with van der Waals surface area (Å²) >= 11 is 1.69. The van der Waals surface area contributed by atoms with Crippen molar-refractivity contribution >= 4 is 34.1 Å². The number of fused-ring (bicyclic) bond motifs is 1. The maximum absolute atomic E-state index is 13.8. The molecular weight excluding hydrogens is 513 g/mol. The second-order valence-corrected chi connectivity index (χ2v) is 11.7. The van der Waals surface area contributed by atoms with Gasteiger partial charge < -0.3 is 19.9 Å². The van der Waals surface area contributed by atoms with Gasteiger partial charge >= 0.3 is 5.97 Å². The SMILES string of the molecule is O=C(O)Cc1cc2cccc(C(=O)N3C[C@@H](CN4CCC(c5ccc(F)cc5)CC4)[C@H](c4ccsc4)C3)c2[nH]1. The summed E-state index contributed by atoms with van der Waals surface area (Å²) in [4.78, 5) is 32.7. The Bertz CT molecular complexity index is 1460. The van der Waals surface area contributed by atoms with Crippen LogP contribution in [0.1, 0.15) is 51.9 Å². The van der Waals surface area contributed by atoms with Crippen LogP contribution in [-0.4, -0.2) is 64.5 Å². The van der Waals surface area contributed by atoms with Crippen LogP contribution in [0.4, 0.5) is 4.39 Å². The number of hydrogen-bond donors (Lipinski definition) is 2. The van der Waals surface area contributed by atoms with E-state index in [0.29, 0.717) is 41.7 Å². The first-order valence-corrected chi connectivity index (χ1v) is 14.5. The molecule has 2 aromatic heterocycles. The Balaban J connectivity index is 1.17. The number of aromatic nitrogens is 1. The van der Waals surface area contributed by atoms with E-state index in [2.05, 4.69) is 26.7 Å². The summed E-state index contributed by atoms with van der Waals surface area (Å²) in [6, 6.07) is 16.5. The molecule has 202 valence electrons. The number of thiophene rings is 1. The van der Waals surface area contributed by atoms with E-state index in [1.807, 2.05) is 41.3 Å². The van der Waals surface area contributed by atoms with Crippen LogP contribution >= 0.6 is 11.3 Å². The maximum Gasteiger partial charge on any atom is 0.309 e. The van der Waals surface area contributed by atoms with Crippen LogP contribution in [0.3, 0.4) is 0 Å². The first-order chi connectivity index (χ1) is 18.9. The lowest BCUT2D eigenvalue weighted by atomic mass is 9.87. The predicted octanol–water partition coefficient (Wildman–Crippen LogP) is 5.73. The normalized spacial score (nSPS) is 20.6. The Hall–Kier alpha value is -3.49. The van der Waals surface area contributed by atoms with E-state index < -0.39 is 5.97 Å². The molecule has 6 nitrogen and oxygen atoms in total. The Labute approximate surface area is 231 Å². The Morgan fingerprint density at radius 1 is 1.03 bits per heavy atom. The Morgan fingerprint density at radius 3 is 2.54 bits per heavy atom. The van der Waals surface area contributed by atoms with Gasteiger partial charge in [-0.1, -0.05) is 24.3 Å². The molecule has 2 saturated heterocycles. The average Bonchev–Trinajstić information content (AvgIpc) is 3.68. The van der Waals surface area contributed by atoms with Gasteiger partial charge in [0.25, 0.3) is 5.91 Å². The second kappa shape index (κ2) is 10.9. The molecule has 4 heterocycles. The number of halogens is 1. The van der Waals surface area contributed by atoms with Gasteiger partial charge in [0.15, 0.2) is 0 Å². The number of aromatic amines is 1. The largest absolute Gasteiger partial charge is 0.481 e. The Morgan fingerprint density at radius 2 is 1.82 bits per heavy atom. The van der Waals surface area contributed by atoms with Gasteiger partial charge in [0, 0.05) is 36.6 Å². The molecule has 1 amide bonds. The van der Waals surface area contributed by atoms with Gasteiger partial charge in [0.05, 0.1) is 17.5 Å². The van der Waals surface area contributed by atoms with E-state index >= 15 is 0 Å². The highest BCUT2D eigenvalue weighted by atomic mass is 32.1. The number of aliphatic carboxylic acids is 1. The number of H-pyrrole nitrogens is 1. The van der Waals surface area contributed by atoms with Crippen LogP contribution in [0.25, 0.3) is 10.9 Å². The first-order valence-electron chi connectivity index (χ1n) is 13.6. The maximum atomic E-state index is 13.8. The van der Waals surface area contributed by atoms with Crippen molar-refractivity contribution in [2.45, 2.75) is 31.1 Å². The molecular formula is C31H32FN3O3S. The fourth-order valence-electron chi connectivity index (χ4n) is 6.42. The fraction of sp³-hybridized carbons (Fsp3) is 0.355. The molecule has 2 N–H and O–H groups in total. The molecule has 2 aliphatic heterocycles. The molecule has 0 aliphatic carbocycles. The highest BCUT2D eigenvalue weighted by molar-refractivity contribution is 7.08. The van der Waals surface area contributed by atoms with Gasteiger partial charge in [-0.2, -0.15) is 11.3 Å². The lowest BCUT2D eigenvalue weighted by molar-refractivity contribution is -0.136. The van der Waals surface area contributed by atoms with E-state index in [-0.39, 0.29) is 24.1 Å². The molecule has 2 aliphatic rings. The van der Waals surface area contributed by atoms with Gasteiger partial charge in [-0.15, -0.1) is 0 Å². The summed E-state index contributed by atoms with van der Waals surface area (Å²) in [7, 11) is 0. The minimum Gasteiger partial charge on any atom is -0.481 e. The Kier molecular flexibility index (Phi) is 7.23. The topological polar surface area (TPSA) is 76.6 Å². The van der Waals surface area contributed by atoms with Crippen molar-refractivity contribution in [3.05, 3.63) is 93.6 Å². The number of carboxylic acids is 1. The third-order valence-electron chi connectivity index (χ3n) is 8.41. The molecule has 0 radical (unpaired) electrons. The smallest absolute Gasteiger partial charge is 0.309 e. The molecule has 0 unspecified atom stereocenters. The number of carbonyl (C=O) groups excluding carboxylic acids is 1.